The zero-order valence-electron chi connectivity index (χ0n) is 9.03. The number of benzene rings is 2. The Morgan fingerprint density at radius 3 is 2.00 bits per heavy atom. The van der Waals surface area contributed by atoms with E-state index in [2.05, 4.69) is 0 Å². The van der Waals surface area contributed by atoms with Crippen LogP contribution in [0.3, 0.4) is 0 Å². The second-order valence-corrected chi connectivity index (χ2v) is 7.32. The molecule has 0 fully saturated rings. The first-order valence-corrected chi connectivity index (χ1v) is 8.17. The molecule has 0 saturated heterocycles. The molecule has 6 heteroatoms. The van der Waals surface area contributed by atoms with E-state index in [1.54, 1.807) is 17.8 Å². The average Bonchev–Trinajstić information content (AvgIpc) is 2.34. The average molecular weight is 296 g/mol. The Balaban J connectivity index is 2.09. The van der Waals surface area contributed by atoms with Gasteiger partial charge in [0.15, 0.2) is 0 Å². The summed E-state index contributed by atoms with van der Waals surface area (Å²) in [5, 5.41) is 0. The van der Waals surface area contributed by atoms with Crippen LogP contribution >= 0.6 is 23.5 Å². The van der Waals surface area contributed by atoms with Gasteiger partial charge in [0.05, 0.1) is 4.90 Å². The molecule has 0 bridgehead atoms. The summed E-state index contributed by atoms with van der Waals surface area (Å²) in [5.41, 5.74) is 0. The fourth-order valence-electron chi connectivity index (χ4n) is 1.67. The molecule has 1 N–H and O–H groups in total. The lowest BCUT2D eigenvalue weighted by molar-refractivity contribution is 0.483. The smallest absolute Gasteiger partial charge is 0.282 e. The van der Waals surface area contributed by atoms with Gasteiger partial charge >= 0.3 is 0 Å². The molecule has 1 aliphatic heterocycles. The number of hydrogen-bond donors (Lipinski definition) is 1. The third-order valence-electron chi connectivity index (χ3n) is 2.50. The van der Waals surface area contributed by atoms with E-state index >= 15 is 0 Å². The van der Waals surface area contributed by atoms with E-state index in [1.807, 2.05) is 24.3 Å². The highest BCUT2D eigenvalue weighted by Gasteiger charge is 2.19. The van der Waals surface area contributed by atoms with Crippen LogP contribution in [0, 0.1) is 0 Å². The zero-order chi connectivity index (χ0) is 12.8. The van der Waals surface area contributed by atoms with Gasteiger partial charge in [-0.15, -0.1) is 0 Å². The molecular weight excluding hydrogens is 288 g/mol. The molecule has 0 unspecified atom stereocenters. The number of hydrogen-bond acceptors (Lipinski definition) is 4. The van der Waals surface area contributed by atoms with Gasteiger partial charge in [-0.05, 0) is 30.3 Å². The molecular formula is C12H8O3S3. The second-order valence-electron chi connectivity index (χ2n) is 3.73. The van der Waals surface area contributed by atoms with Gasteiger partial charge in [-0.3, -0.25) is 4.55 Å². The predicted molar refractivity (Wildman–Crippen MR) is 70.9 cm³/mol. The summed E-state index contributed by atoms with van der Waals surface area (Å²) in [6.45, 7) is 0. The lowest BCUT2D eigenvalue weighted by Gasteiger charge is -2.18. The van der Waals surface area contributed by atoms with Crippen LogP contribution in [-0.2, 0) is 10.1 Å². The molecule has 3 nitrogen and oxygen atoms in total. The molecule has 1 aliphatic rings. The Hall–Kier alpha value is -0.950. The van der Waals surface area contributed by atoms with Crippen molar-refractivity contribution in [1.29, 1.82) is 0 Å². The fourth-order valence-corrected chi connectivity index (χ4v) is 4.50. The molecule has 1 heterocycles. The van der Waals surface area contributed by atoms with Crippen molar-refractivity contribution in [3.05, 3.63) is 42.5 Å². The molecule has 0 amide bonds. The van der Waals surface area contributed by atoms with Crippen LogP contribution in [-0.4, -0.2) is 13.0 Å². The maximum absolute atomic E-state index is 11.1. The van der Waals surface area contributed by atoms with Crippen LogP contribution in [0.1, 0.15) is 0 Å². The molecule has 0 radical (unpaired) electrons. The molecule has 0 atom stereocenters. The summed E-state index contributed by atoms with van der Waals surface area (Å²) in [7, 11) is -4.14. The van der Waals surface area contributed by atoms with Crippen molar-refractivity contribution < 1.29 is 13.0 Å². The van der Waals surface area contributed by atoms with E-state index in [1.165, 1.54) is 23.9 Å². The molecule has 2 aromatic carbocycles. The van der Waals surface area contributed by atoms with Gasteiger partial charge in [-0.2, -0.15) is 8.42 Å². The van der Waals surface area contributed by atoms with Gasteiger partial charge in [0.1, 0.15) is 0 Å². The maximum Gasteiger partial charge on any atom is 0.294 e. The SMILES string of the molecule is O=S(=O)(O)c1ccc2c(c1)Sc1ccccc1S2. The largest absolute Gasteiger partial charge is 0.294 e. The third-order valence-corrected chi connectivity index (χ3v) is 5.90. The molecule has 92 valence electrons. The highest BCUT2D eigenvalue weighted by Crippen LogP contribution is 2.48. The first-order chi connectivity index (χ1) is 8.54. The van der Waals surface area contributed by atoms with Crippen molar-refractivity contribution in [2.75, 3.05) is 0 Å². The van der Waals surface area contributed by atoms with E-state index < -0.39 is 10.1 Å². The monoisotopic (exact) mass is 296 g/mol. The fraction of sp³-hybridized carbons (Fsp3) is 0. The van der Waals surface area contributed by atoms with E-state index in [0.29, 0.717) is 0 Å². The van der Waals surface area contributed by atoms with Gasteiger partial charge in [-0.25, -0.2) is 0 Å². The van der Waals surface area contributed by atoms with Crippen molar-refractivity contribution in [3.8, 4) is 0 Å². The summed E-state index contributed by atoms with van der Waals surface area (Å²) in [4.78, 5) is 4.06. The Morgan fingerprint density at radius 2 is 1.39 bits per heavy atom. The van der Waals surface area contributed by atoms with Crippen LogP contribution in [0.15, 0.2) is 66.9 Å². The lowest BCUT2D eigenvalue weighted by atomic mass is 10.3. The van der Waals surface area contributed by atoms with E-state index in [4.69, 9.17) is 4.55 Å². The first-order valence-electron chi connectivity index (χ1n) is 5.10. The van der Waals surface area contributed by atoms with E-state index in [9.17, 15) is 8.42 Å². The predicted octanol–water partition coefficient (Wildman–Crippen LogP) is 3.55. The topological polar surface area (TPSA) is 54.4 Å². The van der Waals surface area contributed by atoms with Gasteiger partial charge in [0.25, 0.3) is 10.1 Å². The third kappa shape index (κ3) is 2.16. The molecule has 0 aliphatic carbocycles. The van der Waals surface area contributed by atoms with Gasteiger partial charge in [0, 0.05) is 19.6 Å². The van der Waals surface area contributed by atoms with Gasteiger partial charge in [0.2, 0.25) is 0 Å². The Morgan fingerprint density at radius 1 is 0.833 bits per heavy atom. The first kappa shape index (κ1) is 12.1. The molecule has 3 rings (SSSR count). The number of fused-ring (bicyclic) bond motifs is 2. The van der Waals surface area contributed by atoms with Crippen molar-refractivity contribution in [2.45, 2.75) is 24.5 Å². The lowest BCUT2D eigenvalue weighted by Crippen LogP contribution is -1.99. The maximum atomic E-state index is 11.1. The van der Waals surface area contributed by atoms with Gasteiger partial charge < -0.3 is 0 Å². The quantitative estimate of drug-likeness (QED) is 0.696. The highest BCUT2D eigenvalue weighted by atomic mass is 32.2. The summed E-state index contributed by atoms with van der Waals surface area (Å²) in [6, 6.07) is 12.6. The van der Waals surface area contributed by atoms with Crippen molar-refractivity contribution >= 4 is 33.6 Å². The van der Waals surface area contributed by atoms with Crippen LogP contribution in [0.25, 0.3) is 0 Å². The van der Waals surface area contributed by atoms with E-state index in [0.717, 1.165) is 19.6 Å². The molecule has 0 aromatic heterocycles. The Labute approximate surface area is 113 Å². The van der Waals surface area contributed by atoms with Crippen molar-refractivity contribution in [3.63, 3.8) is 0 Å². The summed E-state index contributed by atoms with van der Waals surface area (Å²) < 4.78 is 31.2. The molecule has 18 heavy (non-hydrogen) atoms. The van der Waals surface area contributed by atoms with Crippen molar-refractivity contribution in [1.82, 2.24) is 0 Å². The summed E-state index contributed by atoms with van der Waals surface area (Å²) in [5.74, 6) is 0. The van der Waals surface area contributed by atoms with Crippen LogP contribution in [0.4, 0.5) is 0 Å². The minimum Gasteiger partial charge on any atom is -0.282 e. The Bertz CT molecular complexity index is 723. The Kier molecular flexibility index (Phi) is 2.90. The number of rotatable bonds is 1. The van der Waals surface area contributed by atoms with Crippen LogP contribution < -0.4 is 0 Å². The summed E-state index contributed by atoms with van der Waals surface area (Å²) >= 11 is 3.12. The molecule has 0 saturated carbocycles. The van der Waals surface area contributed by atoms with Crippen LogP contribution in [0.2, 0.25) is 0 Å². The standard InChI is InChI=1S/C12H8O3S3/c13-18(14,15)8-5-6-11-12(7-8)17-10-4-2-1-3-9(10)16-11/h1-7H,(H,13,14,15). The van der Waals surface area contributed by atoms with Crippen molar-refractivity contribution in [2.24, 2.45) is 0 Å². The van der Waals surface area contributed by atoms with Gasteiger partial charge in [-0.1, -0.05) is 35.7 Å². The van der Waals surface area contributed by atoms with Crippen LogP contribution in [0.5, 0.6) is 0 Å². The second kappa shape index (κ2) is 4.31. The summed E-state index contributed by atoms with van der Waals surface area (Å²) in [6.07, 6.45) is 0. The van der Waals surface area contributed by atoms with E-state index in [-0.39, 0.29) is 4.90 Å². The normalized spacial score (nSPS) is 13.8. The zero-order valence-corrected chi connectivity index (χ0v) is 11.5. The highest BCUT2D eigenvalue weighted by molar-refractivity contribution is 8.05. The molecule has 0 spiro atoms. The minimum atomic E-state index is -4.14. The molecule has 2 aromatic rings. The minimum absolute atomic E-state index is 0.0614.